The molecule has 7 nitrogen and oxygen atoms in total. The van der Waals surface area contributed by atoms with E-state index in [0.29, 0.717) is 23.1 Å². The second-order valence-corrected chi connectivity index (χ2v) is 7.12. The van der Waals surface area contributed by atoms with Crippen molar-refractivity contribution in [1.82, 2.24) is 15.2 Å². The normalized spacial score (nSPS) is 13.8. The highest BCUT2D eigenvalue weighted by atomic mass is 32.1. The van der Waals surface area contributed by atoms with Gasteiger partial charge in [0.15, 0.2) is 5.13 Å². The summed E-state index contributed by atoms with van der Waals surface area (Å²) in [6, 6.07) is 6.96. The molecule has 0 saturated carbocycles. The molecule has 0 radical (unpaired) electrons. The van der Waals surface area contributed by atoms with E-state index in [4.69, 9.17) is 4.74 Å². The molecule has 1 aliphatic rings. The second-order valence-electron chi connectivity index (χ2n) is 6.04. The molecule has 0 spiro atoms. The Labute approximate surface area is 156 Å². The third-order valence-electron chi connectivity index (χ3n) is 4.01. The molecule has 2 N–H and O–H groups in total. The Balaban J connectivity index is 1.55. The van der Waals surface area contributed by atoms with E-state index in [1.807, 2.05) is 6.92 Å². The van der Waals surface area contributed by atoms with Gasteiger partial charge >= 0.3 is 0 Å². The zero-order chi connectivity index (χ0) is 18.5. The Morgan fingerprint density at radius 1 is 1.35 bits per heavy atom. The van der Waals surface area contributed by atoms with Gasteiger partial charge in [-0.1, -0.05) is 12.1 Å². The molecule has 0 saturated heterocycles. The molecule has 2 aromatic rings. The first-order chi connectivity index (χ1) is 12.6. The number of likely N-dealkylation sites (N-methyl/N-ethyl adjacent to an activating group) is 1. The molecule has 138 valence electrons. The van der Waals surface area contributed by atoms with Crippen molar-refractivity contribution in [1.29, 1.82) is 0 Å². The molecule has 0 atom stereocenters. The molecule has 1 aromatic carbocycles. The summed E-state index contributed by atoms with van der Waals surface area (Å²) >= 11 is 1.49. The first-order valence-corrected chi connectivity index (χ1v) is 9.35. The molecule has 26 heavy (non-hydrogen) atoms. The minimum atomic E-state index is -0.343. The van der Waals surface area contributed by atoms with E-state index in [9.17, 15) is 9.59 Å². The van der Waals surface area contributed by atoms with Crippen molar-refractivity contribution < 1.29 is 14.3 Å². The molecule has 1 aromatic heterocycles. The first-order valence-electron chi connectivity index (χ1n) is 8.53. The monoisotopic (exact) mass is 374 g/mol. The van der Waals surface area contributed by atoms with Crippen LogP contribution in [-0.2, 0) is 17.8 Å². The number of carbonyl (C=O) groups is 2. The first kappa shape index (κ1) is 18.3. The molecule has 0 unspecified atom stereocenters. The third-order valence-corrected chi connectivity index (χ3v) is 5.01. The summed E-state index contributed by atoms with van der Waals surface area (Å²) < 4.78 is 5.44. The number of anilines is 1. The number of fused-ring (bicyclic) bond motifs is 1. The number of rotatable bonds is 6. The van der Waals surface area contributed by atoms with Gasteiger partial charge in [0, 0.05) is 24.4 Å². The lowest BCUT2D eigenvalue weighted by Gasteiger charge is -2.20. The quantitative estimate of drug-likeness (QED) is 0.807. The van der Waals surface area contributed by atoms with Crippen LogP contribution in [0.2, 0.25) is 0 Å². The molecule has 2 heterocycles. The number of amides is 2. The van der Waals surface area contributed by atoms with Crippen molar-refractivity contribution >= 4 is 28.3 Å². The number of ether oxygens (including phenoxy) is 1. The number of carbonyl (C=O) groups excluding carboxylic acids is 2. The van der Waals surface area contributed by atoms with Crippen molar-refractivity contribution in [3.63, 3.8) is 0 Å². The Kier molecular flexibility index (Phi) is 5.85. The number of para-hydroxylation sites is 1. The Morgan fingerprint density at radius 3 is 2.96 bits per heavy atom. The summed E-state index contributed by atoms with van der Waals surface area (Å²) in [5, 5.41) is 5.97. The fraction of sp³-hybridized carbons (Fsp3) is 0.389. The van der Waals surface area contributed by atoms with Crippen LogP contribution >= 0.6 is 11.3 Å². The van der Waals surface area contributed by atoms with Gasteiger partial charge in [-0.3, -0.25) is 9.59 Å². The van der Waals surface area contributed by atoms with E-state index in [-0.39, 0.29) is 18.4 Å². The lowest BCUT2D eigenvalue weighted by atomic mass is 10.2. The van der Waals surface area contributed by atoms with E-state index in [0.717, 1.165) is 25.2 Å². The number of hydrogen-bond donors (Lipinski definition) is 2. The maximum Gasteiger partial charge on any atom is 0.255 e. The highest BCUT2D eigenvalue weighted by Gasteiger charge is 2.19. The number of aromatic nitrogens is 1. The lowest BCUT2D eigenvalue weighted by molar-refractivity contribution is -0.115. The number of hydrogen-bond acceptors (Lipinski definition) is 6. The van der Waals surface area contributed by atoms with Gasteiger partial charge in [-0.15, -0.1) is 11.3 Å². The largest absolute Gasteiger partial charge is 0.493 e. The summed E-state index contributed by atoms with van der Waals surface area (Å²) in [6.07, 6.45) is 0.892. The van der Waals surface area contributed by atoms with Crippen molar-refractivity contribution in [3.05, 3.63) is 40.4 Å². The van der Waals surface area contributed by atoms with Gasteiger partial charge in [0.2, 0.25) is 5.91 Å². The molecular formula is C18H22N4O3S. The van der Waals surface area contributed by atoms with Gasteiger partial charge in [0.25, 0.3) is 5.91 Å². The molecule has 0 fully saturated rings. The van der Waals surface area contributed by atoms with E-state index in [1.54, 1.807) is 24.3 Å². The van der Waals surface area contributed by atoms with Gasteiger partial charge in [0.1, 0.15) is 5.75 Å². The Bertz CT molecular complexity index is 805. The van der Waals surface area contributed by atoms with E-state index in [2.05, 4.69) is 27.6 Å². The fourth-order valence-corrected chi connectivity index (χ4v) is 3.84. The summed E-state index contributed by atoms with van der Waals surface area (Å²) in [7, 11) is 2.07. The van der Waals surface area contributed by atoms with Crippen molar-refractivity contribution in [3.8, 4) is 5.75 Å². The predicted molar refractivity (Wildman–Crippen MR) is 101 cm³/mol. The minimum Gasteiger partial charge on any atom is -0.493 e. The molecule has 1 aliphatic heterocycles. The van der Waals surface area contributed by atoms with Gasteiger partial charge in [-0.2, -0.15) is 0 Å². The number of nitrogens with one attached hydrogen (secondary N) is 2. The maximum absolute atomic E-state index is 12.3. The van der Waals surface area contributed by atoms with Crippen LogP contribution in [0.3, 0.4) is 0 Å². The topological polar surface area (TPSA) is 83.6 Å². The molecule has 0 aliphatic carbocycles. The van der Waals surface area contributed by atoms with Crippen LogP contribution in [0, 0.1) is 0 Å². The highest BCUT2D eigenvalue weighted by Crippen LogP contribution is 2.27. The molecule has 2 amide bonds. The van der Waals surface area contributed by atoms with Crippen LogP contribution in [0.4, 0.5) is 5.13 Å². The Hall–Kier alpha value is -2.45. The molecule has 3 rings (SSSR count). The number of thiazole rings is 1. The SMILES string of the molecule is CCOc1ccccc1C(=O)NCC(=O)Nc1nc2c(s1)CN(C)CC2. The van der Waals surface area contributed by atoms with E-state index >= 15 is 0 Å². The minimum absolute atomic E-state index is 0.122. The Morgan fingerprint density at radius 2 is 2.15 bits per heavy atom. The zero-order valence-corrected chi connectivity index (χ0v) is 15.7. The van der Waals surface area contributed by atoms with Gasteiger partial charge in [0.05, 0.1) is 24.4 Å². The number of benzene rings is 1. The fourth-order valence-electron chi connectivity index (χ4n) is 2.73. The average Bonchev–Trinajstić information content (AvgIpc) is 3.01. The average molecular weight is 374 g/mol. The van der Waals surface area contributed by atoms with Crippen LogP contribution in [0.1, 0.15) is 27.9 Å². The van der Waals surface area contributed by atoms with Gasteiger partial charge < -0.3 is 20.3 Å². The smallest absolute Gasteiger partial charge is 0.255 e. The second kappa shape index (κ2) is 8.29. The van der Waals surface area contributed by atoms with E-state index in [1.165, 1.54) is 16.2 Å². The maximum atomic E-state index is 12.3. The van der Waals surface area contributed by atoms with Crippen molar-refractivity contribution in [2.75, 3.05) is 32.1 Å². The van der Waals surface area contributed by atoms with Crippen LogP contribution < -0.4 is 15.4 Å². The van der Waals surface area contributed by atoms with Gasteiger partial charge in [-0.05, 0) is 26.1 Å². The summed E-state index contributed by atoms with van der Waals surface area (Å²) in [6.45, 7) is 4.03. The molecular weight excluding hydrogens is 352 g/mol. The van der Waals surface area contributed by atoms with Crippen LogP contribution in [0.25, 0.3) is 0 Å². The van der Waals surface area contributed by atoms with Crippen LogP contribution in [0.5, 0.6) is 5.75 Å². The van der Waals surface area contributed by atoms with Crippen molar-refractivity contribution in [2.45, 2.75) is 19.9 Å². The summed E-state index contributed by atoms with van der Waals surface area (Å²) in [4.78, 5) is 32.3. The third kappa shape index (κ3) is 4.39. The lowest BCUT2D eigenvalue weighted by Crippen LogP contribution is -2.33. The van der Waals surface area contributed by atoms with E-state index < -0.39 is 0 Å². The standard InChI is InChI=1S/C18H22N4O3S/c1-3-25-14-7-5-4-6-12(14)17(24)19-10-16(23)21-18-20-13-8-9-22(2)11-15(13)26-18/h4-7H,3,8-11H2,1-2H3,(H,19,24)(H,20,21,23). The summed E-state index contributed by atoms with van der Waals surface area (Å²) in [5.41, 5.74) is 1.47. The van der Waals surface area contributed by atoms with Crippen LogP contribution in [-0.4, -0.2) is 48.4 Å². The predicted octanol–water partition coefficient (Wildman–Crippen LogP) is 1.90. The highest BCUT2D eigenvalue weighted by molar-refractivity contribution is 7.15. The van der Waals surface area contributed by atoms with Crippen molar-refractivity contribution in [2.24, 2.45) is 0 Å². The zero-order valence-electron chi connectivity index (χ0n) is 14.9. The molecule has 0 bridgehead atoms. The molecule has 8 heteroatoms. The number of nitrogens with zero attached hydrogens (tertiary/aromatic N) is 2. The summed E-state index contributed by atoms with van der Waals surface area (Å²) in [5.74, 6) is -0.138. The van der Waals surface area contributed by atoms with Crippen LogP contribution in [0.15, 0.2) is 24.3 Å². The van der Waals surface area contributed by atoms with Gasteiger partial charge in [-0.25, -0.2) is 4.98 Å².